The topological polar surface area (TPSA) is 38.7 Å². The molecule has 0 unspecified atom stereocenters. The molecular formula is C12H13NO2. The molecule has 0 fully saturated rings. The Bertz CT molecular complexity index is 344. The molecule has 1 aromatic carbocycles. The lowest BCUT2D eigenvalue weighted by Gasteiger charge is -1.97. The number of nitrogens with zero attached hydrogens (tertiary/aromatic N) is 1. The van der Waals surface area contributed by atoms with Crippen LogP contribution in [0.5, 0.6) is 0 Å². The van der Waals surface area contributed by atoms with Crippen molar-refractivity contribution in [3.8, 4) is 0 Å². The smallest absolute Gasteiger partial charge is 0.327 e. The van der Waals surface area contributed by atoms with Crippen molar-refractivity contribution in [3.05, 3.63) is 48.6 Å². The van der Waals surface area contributed by atoms with E-state index in [-0.39, 0.29) is 19.1 Å². The van der Waals surface area contributed by atoms with Crippen molar-refractivity contribution in [1.82, 2.24) is 0 Å². The van der Waals surface area contributed by atoms with Crippen molar-refractivity contribution in [2.45, 2.75) is 0 Å². The zero-order valence-corrected chi connectivity index (χ0v) is 8.43. The molecule has 1 aromatic rings. The first-order valence-corrected chi connectivity index (χ1v) is 4.64. The first-order chi connectivity index (χ1) is 7.33. The molecule has 0 amide bonds. The molecule has 3 nitrogen and oxygen atoms in total. The van der Waals surface area contributed by atoms with E-state index in [0.717, 1.165) is 5.56 Å². The van der Waals surface area contributed by atoms with Crippen LogP contribution >= 0.6 is 0 Å². The molecule has 3 heteroatoms. The first kappa shape index (κ1) is 11.2. The number of hydrogen-bond donors (Lipinski definition) is 0. The second kappa shape index (κ2) is 6.54. The van der Waals surface area contributed by atoms with E-state index in [1.54, 1.807) is 6.21 Å². The van der Waals surface area contributed by atoms with Gasteiger partial charge in [0, 0.05) is 6.21 Å². The molecule has 0 spiro atoms. The van der Waals surface area contributed by atoms with Crippen LogP contribution in [0.15, 0.2) is 48.0 Å². The molecule has 0 radical (unpaired) electrons. The Balaban J connectivity index is 2.33. The van der Waals surface area contributed by atoms with Crippen molar-refractivity contribution in [2.24, 2.45) is 4.99 Å². The van der Waals surface area contributed by atoms with Crippen LogP contribution in [-0.4, -0.2) is 25.3 Å². The molecule has 1 rings (SSSR count). The van der Waals surface area contributed by atoms with Crippen molar-refractivity contribution in [3.63, 3.8) is 0 Å². The number of aliphatic imine (C=N–C) groups is 1. The van der Waals surface area contributed by atoms with Crippen molar-refractivity contribution < 1.29 is 9.53 Å². The summed E-state index contributed by atoms with van der Waals surface area (Å²) in [6.45, 7) is 3.73. The third-order valence-electron chi connectivity index (χ3n) is 1.62. The van der Waals surface area contributed by atoms with Gasteiger partial charge in [0.15, 0.2) is 0 Å². The molecule has 0 saturated carbocycles. The molecule has 0 aromatic heterocycles. The fraction of sp³-hybridized carbons (Fsp3) is 0.167. The van der Waals surface area contributed by atoms with Gasteiger partial charge in [-0.2, -0.15) is 0 Å². The van der Waals surface area contributed by atoms with Crippen LogP contribution in [0, 0.1) is 0 Å². The second-order valence-electron chi connectivity index (χ2n) is 2.85. The number of ether oxygens (including phenoxy) is 1. The first-order valence-electron chi connectivity index (χ1n) is 4.64. The quantitative estimate of drug-likeness (QED) is 0.416. The van der Waals surface area contributed by atoms with Gasteiger partial charge >= 0.3 is 5.97 Å². The van der Waals surface area contributed by atoms with Crippen molar-refractivity contribution >= 4 is 12.2 Å². The Morgan fingerprint density at radius 1 is 1.40 bits per heavy atom. The highest BCUT2D eigenvalue weighted by atomic mass is 16.5. The molecule has 0 saturated heterocycles. The summed E-state index contributed by atoms with van der Waals surface area (Å²) in [5, 5.41) is 0. The lowest BCUT2D eigenvalue weighted by atomic mass is 10.2. The molecule has 15 heavy (non-hydrogen) atoms. The highest BCUT2D eigenvalue weighted by molar-refractivity contribution is 5.82. The number of rotatable bonds is 5. The minimum absolute atomic E-state index is 0.0444. The average molecular weight is 203 g/mol. The standard InChI is InChI=1S/C12H13NO2/c1-2-8-15-12(14)10-13-9-11-6-4-3-5-7-11/h2-7,9H,1,8,10H2/b13-9-. The highest BCUT2D eigenvalue weighted by Crippen LogP contribution is 1.93. The lowest BCUT2D eigenvalue weighted by molar-refractivity contribution is -0.140. The van der Waals surface area contributed by atoms with Crippen molar-refractivity contribution in [2.75, 3.05) is 13.2 Å². The Kier molecular flexibility index (Phi) is 4.87. The van der Waals surface area contributed by atoms with Crippen molar-refractivity contribution in [1.29, 1.82) is 0 Å². The predicted octanol–water partition coefficient (Wildman–Crippen LogP) is 1.83. The average Bonchev–Trinajstić information content (AvgIpc) is 2.28. The van der Waals surface area contributed by atoms with Gasteiger partial charge in [0.05, 0.1) is 0 Å². The van der Waals surface area contributed by atoms with Gasteiger partial charge < -0.3 is 4.74 Å². The summed E-state index contributed by atoms with van der Waals surface area (Å²) in [4.78, 5) is 15.0. The summed E-state index contributed by atoms with van der Waals surface area (Å²) < 4.78 is 4.76. The summed E-state index contributed by atoms with van der Waals surface area (Å²) >= 11 is 0. The van der Waals surface area contributed by atoms with E-state index in [0.29, 0.717) is 0 Å². The van der Waals surface area contributed by atoms with Gasteiger partial charge in [0.1, 0.15) is 13.2 Å². The second-order valence-corrected chi connectivity index (χ2v) is 2.85. The predicted molar refractivity (Wildman–Crippen MR) is 60.1 cm³/mol. The van der Waals surface area contributed by atoms with Crippen LogP contribution in [0.25, 0.3) is 0 Å². The van der Waals surface area contributed by atoms with Gasteiger partial charge in [0.25, 0.3) is 0 Å². The number of benzene rings is 1. The van der Waals surface area contributed by atoms with E-state index in [1.807, 2.05) is 30.3 Å². The third kappa shape index (κ3) is 4.76. The van der Waals surface area contributed by atoms with Gasteiger partial charge in [-0.25, -0.2) is 0 Å². The number of carbonyl (C=O) groups is 1. The van der Waals surface area contributed by atoms with E-state index in [9.17, 15) is 4.79 Å². The monoisotopic (exact) mass is 203 g/mol. The van der Waals surface area contributed by atoms with Crippen LogP contribution in [0.2, 0.25) is 0 Å². The third-order valence-corrected chi connectivity index (χ3v) is 1.62. The Hall–Kier alpha value is -1.90. The molecular weight excluding hydrogens is 190 g/mol. The van der Waals surface area contributed by atoms with Crippen LogP contribution < -0.4 is 0 Å². The van der Waals surface area contributed by atoms with E-state index < -0.39 is 0 Å². The van der Waals surface area contributed by atoms with E-state index in [1.165, 1.54) is 6.08 Å². The highest BCUT2D eigenvalue weighted by Gasteiger charge is 1.97. The molecule has 0 heterocycles. The van der Waals surface area contributed by atoms with Crippen LogP contribution in [0.3, 0.4) is 0 Å². The Morgan fingerprint density at radius 2 is 2.13 bits per heavy atom. The van der Waals surface area contributed by atoms with E-state index in [2.05, 4.69) is 11.6 Å². The summed E-state index contributed by atoms with van der Waals surface area (Å²) in [6, 6.07) is 9.58. The van der Waals surface area contributed by atoms with Gasteiger partial charge in [-0.1, -0.05) is 43.0 Å². The number of hydrogen-bond acceptors (Lipinski definition) is 3. The maximum atomic E-state index is 11.0. The summed E-state index contributed by atoms with van der Waals surface area (Å²) in [6.07, 6.45) is 3.17. The van der Waals surface area contributed by atoms with Gasteiger partial charge in [-0.15, -0.1) is 0 Å². The largest absolute Gasteiger partial charge is 0.460 e. The Morgan fingerprint density at radius 3 is 2.80 bits per heavy atom. The molecule has 0 aliphatic carbocycles. The lowest BCUT2D eigenvalue weighted by Crippen LogP contribution is -2.08. The fourth-order valence-electron chi connectivity index (χ4n) is 0.962. The molecule has 78 valence electrons. The number of carbonyl (C=O) groups excluding carboxylic acids is 1. The molecule has 0 aliphatic rings. The van der Waals surface area contributed by atoms with Gasteiger partial charge in [0.2, 0.25) is 0 Å². The van der Waals surface area contributed by atoms with Gasteiger partial charge in [-0.05, 0) is 5.56 Å². The van der Waals surface area contributed by atoms with Crippen LogP contribution in [0.4, 0.5) is 0 Å². The zero-order valence-electron chi connectivity index (χ0n) is 8.43. The van der Waals surface area contributed by atoms with Crippen LogP contribution in [0.1, 0.15) is 5.56 Å². The summed E-state index contributed by atoms with van der Waals surface area (Å²) in [5.74, 6) is -0.345. The Labute approximate surface area is 89.1 Å². The normalized spacial score (nSPS) is 10.1. The van der Waals surface area contributed by atoms with E-state index in [4.69, 9.17) is 4.74 Å². The minimum atomic E-state index is -0.345. The van der Waals surface area contributed by atoms with Crippen LogP contribution in [-0.2, 0) is 9.53 Å². The minimum Gasteiger partial charge on any atom is -0.460 e. The summed E-state index contributed by atoms with van der Waals surface area (Å²) in [5.41, 5.74) is 0.967. The molecule has 0 aliphatic heterocycles. The summed E-state index contributed by atoms with van der Waals surface area (Å²) in [7, 11) is 0. The maximum absolute atomic E-state index is 11.0. The number of esters is 1. The molecule has 0 N–H and O–H groups in total. The zero-order chi connectivity index (χ0) is 10.9. The molecule has 0 bridgehead atoms. The SMILES string of the molecule is C=CCOC(=O)C/N=C\c1ccccc1. The van der Waals surface area contributed by atoms with E-state index >= 15 is 0 Å². The fourth-order valence-corrected chi connectivity index (χ4v) is 0.962. The van der Waals surface area contributed by atoms with Gasteiger partial charge in [-0.3, -0.25) is 9.79 Å². The molecule has 0 atom stereocenters. The maximum Gasteiger partial charge on any atom is 0.327 e.